The molecule has 0 aliphatic carbocycles. The van der Waals surface area contributed by atoms with Crippen LogP contribution in [0, 0.1) is 0 Å². The average Bonchev–Trinajstić information content (AvgIpc) is 2.22. The Bertz CT molecular complexity index is 458. The second-order valence-electron chi connectivity index (χ2n) is 2.85. The van der Waals surface area contributed by atoms with Crippen molar-refractivity contribution in [2.24, 2.45) is 0 Å². The third-order valence-electron chi connectivity index (χ3n) is 1.71. The van der Waals surface area contributed by atoms with E-state index in [2.05, 4.69) is 25.9 Å². The highest BCUT2D eigenvalue weighted by Gasteiger charge is 1.99. The van der Waals surface area contributed by atoms with Gasteiger partial charge in [-0.1, -0.05) is 0 Å². The molecule has 1 heterocycles. The highest BCUT2D eigenvalue weighted by atomic mass is 79.9. The molecule has 76 valence electrons. The normalized spacial score (nSPS) is 9.93. The van der Waals surface area contributed by atoms with E-state index in [0.29, 0.717) is 21.9 Å². The van der Waals surface area contributed by atoms with Crippen molar-refractivity contribution in [3.05, 3.63) is 41.3 Å². The van der Waals surface area contributed by atoms with Crippen molar-refractivity contribution >= 4 is 21.6 Å². The minimum absolute atomic E-state index is 0.488. The van der Waals surface area contributed by atoms with Crippen LogP contribution in [0.1, 0.15) is 0 Å². The molecule has 1 aromatic heterocycles. The molecule has 5 heteroatoms. The van der Waals surface area contributed by atoms with Crippen molar-refractivity contribution < 1.29 is 4.74 Å². The quantitative estimate of drug-likeness (QED) is 0.670. The minimum Gasteiger partial charge on any atom is -0.439 e. The fraction of sp³-hybridized carbons (Fsp3) is 0. The van der Waals surface area contributed by atoms with E-state index in [4.69, 9.17) is 10.5 Å². The highest BCUT2D eigenvalue weighted by molar-refractivity contribution is 9.10. The van der Waals surface area contributed by atoms with E-state index in [1.807, 2.05) is 0 Å². The Morgan fingerprint density at radius 2 is 1.87 bits per heavy atom. The van der Waals surface area contributed by atoms with E-state index >= 15 is 0 Å². The average molecular weight is 266 g/mol. The molecule has 0 aliphatic heterocycles. The summed E-state index contributed by atoms with van der Waals surface area (Å²) >= 11 is 3.24. The molecule has 15 heavy (non-hydrogen) atoms. The summed E-state index contributed by atoms with van der Waals surface area (Å²) in [6, 6.07) is 8.80. The molecule has 4 nitrogen and oxygen atoms in total. The van der Waals surface area contributed by atoms with Gasteiger partial charge in [0.2, 0.25) is 5.88 Å². The summed E-state index contributed by atoms with van der Waals surface area (Å²) in [5.41, 5.74) is 6.26. The Hall–Kier alpha value is -1.62. The standard InChI is InChI=1S/C10H8BrN3O/c11-9-5-10(14-6-13-9)15-8-3-1-7(12)2-4-8/h1-6H,12H2. The van der Waals surface area contributed by atoms with Crippen LogP contribution in [0.3, 0.4) is 0 Å². The lowest BCUT2D eigenvalue weighted by Gasteiger charge is -2.04. The third kappa shape index (κ3) is 2.66. The van der Waals surface area contributed by atoms with Gasteiger partial charge in [0.15, 0.2) is 0 Å². The number of halogens is 1. The largest absolute Gasteiger partial charge is 0.439 e. The number of nitrogens with two attached hydrogens (primary N) is 1. The molecular formula is C10H8BrN3O. The van der Waals surface area contributed by atoms with Crippen LogP contribution in [0.15, 0.2) is 41.3 Å². The monoisotopic (exact) mass is 265 g/mol. The molecule has 1 aromatic carbocycles. The first-order valence-corrected chi connectivity index (χ1v) is 5.04. The van der Waals surface area contributed by atoms with Crippen molar-refractivity contribution in [2.45, 2.75) is 0 Å². The Labute approximate surface area is 95.2 Å². The maximum atomic E-state index is 5.56. The Morgan fingerprint density at radius 1 is 1.13 bits per heavy atom. The molecule has 0 fully saturated rings. The van der Waals surface area contributed by atoms with Gasteiger partial charge in [-0.15, -0.1) is 0 Å². The summed E-state index contributed by atoms with van der Waals surface area (Å²) < 4.78 is 6.16. The molecule has 0 atom stereocenters. The van der Waals surface area contributed by atoms with Gasteiger partial charge in [-0.05, 0) is 40.2 Å². The molecule has 0 unspecified atom stereocenters. The predicted molar refractivity (Wildman–Crippen MR) is 60.7 cm³/mol. The van der Waals surface area contributed by atoms with Crippen LogP contribution < -0.4 is 10.5 Å². The zero-order chi connectivity index (χ0) is 10.7. The Morgan fingerprint density at radius 3 is 2.53 bits per heavy atom. The molecule has 0 radical (unpaired) electrons. The fourth-order valence-corrected chi connectivity index (χ4v) is 1.32. The summed E-state index contributed by atoms with van der Waals surface area (Å²) in [7, 11) is 0. The minimum atomic E-state index is 0.488. The summed E-state index contributed by atoms with van der Waals surface area (Å²) in [6.45, 7) is 0. The lowest BCUT2D eigenvalue weighted by atomic mass is 10.3. The lowest BCUT2D eigenvalue weighted by molar-refractivity contribution is 0.461. The molecule has 2 N–H and O–H groups in total. The smallest absolute Gasteiger partial charge is 0.223 e. The number of nitrogen functional groups attached to an aromatic ring is 1. The van der Waals surface area contributed by atoms with Crippen LogP contribution >= 0.6 is 15.9 Å². The molecule has 0 saturated heterocycles. The molecular weight excluding hydrogens is 258 g/mol. The van der Waals surface area contributed by atoms with Crippen LogP contribution in [0.25, 0.3) is 0 Å². The number of nitrogens with zero attached hydrogens (tertiary/aromatic N) is 2. The molecule has 0 saturated carbocycles. The number of aromatic nitrogens is 2. The molecule has 2 rings (SSSR count). The first-order valence-electron chi connectivity index (χ1n) is 4.25. The zero-order valence-corrected chi connectivity index (χ0v) is 9.31. The molecule has 0 aliphatic rings. The van der Waals surface area contributed by atoms with Crippen LogP contribution in [-0.2, 0) is 0 Å². The fourth-order valence-electron chi connectivity index (χ4n) is 1.03. The van der Waals surface area contributed by atoms with E-state index in [1.54, 1.807) is 30.3 Å². The van der Waals surface area contributed by atoms with E-state index in [9.17, 15) is 0 Å². The summed E-state index contributed by atoms with van der Waals surface area (Å²) in [6.07, 6.45) is 1.43. The molecule has 0 spiro atoms. The van der Waals surface area contributed by atoms with Crippen molar-refractivity contribution in [2.75, 3.05) is 5.73 Å². The van der Waals surface area contributed by atoms with Crippen LogP contribution in [0.4, 0.5) is 5.69 Å². The van der Waals surface area contributed by atoms with Gasteiger partial charge in [-0.2, -0.15) is 0 Å². The third-order valence-corrected chi connectivity index (χ3v) is 2.14. The summed E-state index contributed by atoms with van der Waals surface area (Å²) in [5, 5.41) is 0. The van der Waals surface area contributed by atoms with Crippen LogP contribution in [0.5, 0.6) is 11.6 Å². The zero-order valence-electron chi connectivity index (χ0n) is 7.72. The van der Waals surface area contributed by atoms with E-state index in [1.165, 1.54) is 6.33 Å². The van der Waals surface area contributed by atoms with E-state index in [0.717, 1.165) is 0 Å². The van der Waals surface area contributed by atoms with Crippen molar-refractivity contribution in [1.82, 2.24) is 9.97 Å². The lowest BCUT2D eigenvalue weighted by Crippen LogP contribution is -1.89. The van der Waals surface area contributed by atoms with Gasteiger partial charge in [0.25, 0.3) is 0 Å². The van der Waals surface area contributed by atoms with Crippen molar-refractivity contribution in [3.8, 4) is 11.6 Å². The van der Waals surface area contributed by atoms with E-state index < -0.39 is 0 Å². The first kappa shape index (κ1) is 9.92. The van der Waals surface area contributed by atoms with Crippen LogP contribution in [0.2, 0.25) is 0 Å². The number of ether oxygens (including phenoxy) is 1. The predicted octanol–water partition coefficient (Wildman–Crippen LogP) is 2.61. The Balaban J connectivity index is 2.18. The first-order chi connectivity index (χ1) is 7.24. The maximum Gasteiger partial charge on any atom is 0.223 e. The number of anilines is 1. The second kappa shape index (κ2) is 4.27. The van der Waals surface area contributed by atoms with Gasteiger partial charge >= 0.3 is 0 Å². The van der Waals surface area contributed by atoms with Crippen molar-refractivity contribution in [3.63, 3.8) is 0 Å². The number of hydrogen-bond donors (Lipinski definition) is 1. The van der Waals surface area contributed by atoms with E-state index in [-0.39, 0.29) is 0 Å². The van der Waals surface area contributed by atoms with Gasteiger partial charge in [0.05, 0.1) is 0 Å². The maximum absolute atomic E-state index is 5.56. The number of rotatable bonds is 2. The molecule has 0 bridgehead atoms. The second-order valence-corrected chi connectivity index (χ2v) is 3.66. The van der Waals surface area contributed by atoms with Gasteiger partial charge in [-0.25, -0.2) is 9.97 Å². The van der Waals surface area contributed by atoms with Crippen molar-refractivity contribution in [1.29, 1.82) is 0 Å². The molecule has 2 aromatic rings. The Kier molecular flexibility index (Phi) is 2.82. The summed E-state index contributed by atoms with van der Waals surface area (Å²) in [5.74, 6) is 1.18. The number of benzene rings is 1. The number of hydrogen-bond acceptors (Lipinski definition) is 4. The topological polar surface area (TPSA) is 61.0 Å². The van der Waals surface area contributed by atoms with Gasteiger partial charge in [0, 0.05) is 11.8 Å². The highest BCUT2D eigenvalue weighted by Crippen LogP contribution is 2.21. The van der Waals surface area contributed by atoms with Crippen LogP contribution in [-0.4, -0.2) is 9.97 Å². The summed E-state index contributed by atoms with van der Waals surface area (Å²) in [4.78, 5) is 7.86. The SMILES string of the molecule is Nc1ccc(Oc2cc(Br)ncn2)cc1. The molecule has 0 amide bonds. The van der Waals surface area contributed by atoms with Gasteiger partial charge < -0.3 is 10.5 Å². The van der Waals surface area contributed by atoms with Gasteiger partial charge in [0.1, 0.15) is 16.7 Å². The van der Waals surface area contributed by atoms with Gasteiger partial charge in [-0.3, -0.25) is 0 Å².